The van der Waals surface area contributed by atoms with Gasteiger partial charge >= 0.3 is 0 Å². The lowest BCUT2D eigenvalue weighted by molar-refractivity contribution is -0.143. The molecule has 0 aliphatic heterocycles. The molecule has 0 saturated heterocycles. The van der Waals surface area contributed by atoms with Gasteiger partial charge in [0, 0.05) is 12.8 Å². The SMILES string of the molecule is COC1(C(=O)Nc2ccc(OC(C)C)cc2)CCCC(C)C1. The van der Waals surface area contributed by atoms with E-state index in [1.54, 1.807) is 7.11 Å². The highest BCUT2D eigenvalue weighted by atomic mass is 16.5. The molecule has 1 aliphatic carbocycles. The maximum absolute atomic E-state index is 12.7. The standard InChI is InChI=1S/C18H27NO3/c1-13(2)22-16-9-7-15(8-10-16)19-17(20)18(21-4)11-5-6-14(3)12-18/h7-10,13-14H,5-6,11-12H2,1-4H3,(H,19,20). The van der Waals surface area contributed by atoms with Crippen LogP contribution in [0.15, 0.2) is 24.3 Å². The Hall–Kier alpha value is -1.55. The number of nitrogens with one attached hydrogen (secondary N) is 1. The molecule has 4 heteroatoms. The van der Waals surface area contributed by atoms with Crippen LogP contribution in [-0.4, -0.2) is 24.7 Å². The summed E-state index contributed by atoms with van der Waals surface area (Å²) in [5.41, 5.74) is 0.0841. The van der Waals surface area contributed by atoms with E-state index in [1.807, 2.05) is 38.1 Å². The van der Waals surface area contributed by atoms with E-state index in [2.05, 4.69) is 12.2 Å². The van der Waals surface area contributed by atoms with E-state index in [-0.39, 0.29) is 12.0 Å². The number of rotatable bonds is 5. The van der Waals surface area contributed by atoms with Crippen LogP contribution < -0.4 is 10.1 Å². The first-order valence-corrected chi connectivity index (χ1v) is 8.08. The highest BCUT2D eigenvalue weighted by Crippen LogP contribution is 2.35. The van der Waals surface area contributed by atoms with Crippen molar-refractivity contribution in [1.29, 1.82) is 0 Å². The van der Waals surface area contributed by atoms with E-state index in [4.69, 9.17) is 9.47 Å². The van der Waals surface area contributed by atoms with E-state index in [9.17, 15) is 4.79 Å². The van der Waals surface area contributed by atoms with Crippen molar-refractivity contribution >= 4 is 11.6 Å². The number of carbonyl (C=O) groups is 1. The fourth-order valence-electron chi connectivity index (χ4n) is 3.12. The van der Waals surface area contributed by atoms with Crippen LogP contribution >= 0.6 is 0 Å². The molecule has 1 fully saturated rings. The van der Waals surface area contributed by atoms with Crippen molar-refractivity contribution in [1.82, 2.24) is 0 Å². The van der Waals surface area contributed by atoms with Crippen molar-refractivity contribution in [3.63, 3.8) is 0 Å². The lowest BCUT2D eigenvalue weighted by Gasteiger charge is -2.37. The first kappa shape index (κ1) is 16.8. The molecule has 2 unspecified atom stereocenters. The highest BCUT2D eigenvalue weighted by molar-refractivity contribution is 5.97. The summed E-state index contributed by atoms with van der Waals surface area (Å²) in [7, 11) is 1.64. The molecule has 1 amide bonds. The van der Waals surface area contributed by atoms with Gasteiger partial charge in [0.15, 0.2) is 0 Å². The fourth-order valence-corrected chi connectivity index (χ4v) is 3.12. The van der Waals surface area contributed by atoms with E-state index in [0.717, 1.165) is 30.7 Å². The Morgan fingerprint density at radius 3 is 2.55 bits per heavy atom. The normalized spacial score (nSPS) is 25.0. The average molecular weight is 305 g/mol. The Morgan fingerprint density at radius 1 is 1.32 bits per heavy atom. The van der Waals surface area contributed by atoms with Crippen molar-refractivity contribution < 1.29 is 14.3 Å². The van der Waals surface area contributed by atoms with Gasteiger partial charge in [-0.3, -0.25) is 4.79 Å². The molecule has 0 heterocycles. The number of anilines is 1. The first-order valence-electron chi connectivity index (χ1n) is 8.08. The predicted octanol–water partition coefficient (Wildman–Crippen LogP) is 4.01. The second-order valence-corrected chi connectivity index (χ2v) is 6.55. The molecule has 4 nitrogen and oxygen atoms in total. The zero-order valence-electron chi connectivity index (χ0n) is 14.0. The second-order valence-electron chi connectivity index (χ2n) is 6.55. The third-order valence-electron chi connectivity index (χ3n) is 4.24. The Morgan fingerprint density at radius 2 is 2.00 bits per heavy atom. The molecule has 22 heavy (non-hydrogen) atoms. The number of hydrogen-bond donors (Lipinski definition) is 1. The van der Waals surface area contributed by atoms with Crippen molar-refractivity contribution in [2.24, 2.45) is 5.92 Å². The minimum Gasteiger partial charge on any atom is -0.491 e. The third kappa shape index (κ3) is 4.01. The Labute approximate surface area is 133 Å². The smallest absolute Gasteiger partial charge is 0.256 e. The number of ether oxygens (including phenoxy) is 2. The van der Waals surface area contributed by atoms with Gasteiger partial charge in [-0.15, -0.1) is 0 Å². The van der Waals surface area contributed by atoms with Crippen molar-refractivity contribution in [3.8, 4) is 5.75 Å². The summed E-state index contributed by atoms with van der Waals surface area (Å²) in [6, 6.07) is 7.48. The van der Waals surface area contributed by atoms with Gasteiger partial charge in [-0.05, 0) is 63.3 Å². The van der Waals surface area contributed by atoms with Gasteiger partial charge in [-0.2, -0.15) is 0 Å². The topological polar surface area (TPSA) is 47.6 Å². The summed E-state index contributed by atoms with van der Waals surface area (Å²) in [6.07, 6.45) is 3.90. The van der Waals surface area contributed by atoms with Crippen LogP contribution in [0.3, 0.4) is 0 Å². The van der Waals surface area contributed by atoms with Gasteiger partial charge in [-0.1, -0.05) is 13.3 Å². The summed E-state index contributed by atoms with van der Waals surface area (Å²) in [5, 5.41) is 2.98. The molecule has 1 N–H and O–H groups in total. The van der Waals surface area contributed by atoms with Crippen LogP contribution in [0.2, 0.25) is 0 Å². The summed E-state index contributed by atoms with van der Waals surface area (Å²) in [6.45, 7) is 6.16. The number of hydrogen-bond acceptors (Lipinski definition) is 3. The van der Waals surface area contributed by atoms with Crippen LogP contribution in [0.5, 0.6) is 5.75 Å². The van der Waals surface area contributed by atoms with E-state index >= 15 is 0 Å². The summed E-state index contributed by atoms with van der Waals surface area (Å²) in [4.78, 5) is 12.7. The lowest BCUT2D eigenvalue weighted by Crippen LogP contribution is -2.47. The highest BCUT2D eigenvalue weighted by Gasteiger charge is 2.41. The molecule has 1 aromatic rings. The Bertz CT molecular complexity index is 498. The van der Waals surface area contributed by atoms with Crippen molar-refractivity contribution in [3.05, 3.63) is 24.3 Å². The minimum atomic E-state index is -0.690. The lowest BCUT2D eigenvalue weighted by atomic mass is 9.78. The zero-order valence-corrected chi connectivity index (χ0v) is 14.0. The van der Waals surface area contributed by atoms with Crippen LogP contribution in [0.25, 0.3) is 0 Å². The average Bonchev–Trinajstić information content (AvgIpc) is 2.48. The van der Waals surface area contributed by atoms with Gasteiger partial charge in [-0.25, -0.2) is 0 Å². The van der Waals surface area contributed by atoms with Gasteiger partial charge < -0.3 is 14.8 Å². The second kappa shape index (κ2) is 7.14. The Kier molecular flexibility index (Phi) is 5.46. The number of carbonyl (C=O) groups excluding carboxylic acids is 1. The molecule has 0 radical (unpaired) electrons. The van der Waals surface area contributed by atoms with Crippen LogP contribution in [0.1, 0.15) is 46.5 Å². The van der Waals surface area contributed by atoms with Crippen molar-refractivity contribution in [2.75, 3.05) is 12.4 Å². The molecule has 2 rings (SSSR count). The van der Waals surface area contributed by atoms with Gasteiger partial charge in [0.1, 0.15) is 11.4 Å². The molecule has 0 spiro atoms. The van der Waals surface area contributed by atoms with Crippen molar-refractivity contribution in [2.45, 2.75) is 58.2 Å². The number of methoxy groups -OCH3 is 1. The largest absolute Gasteiger partial charge is 0.491 e. The van der Waals surface area contributed by atoms with E-state index < -0.39 is 5.60 Å². The van der Waals surface area contributed by atoms with Crippen LogP contribution in [0, 0.1) is 5.92 Å². The summed E-state index contributed by atoms with van der Waals surface area (Å²) < 4.78 is 11.2. The molecule has 122 valence electrons. The van der Waals surface area contributed by atoms with Crippen LogP contribution in [-0.2, 0) is 9.53 Å². The van der Waals surface area contributed by atoms with E-state index in [0.29, 0.717) is 5.92 Å². The Balaban J connectivity index is 2.04. The van der Waals surface area contributed by atoms with Gasteiger partial charge in [0.2, 0.25) is 0 Å². The summed E-state index contributed by atoms with van der Waals surface area (Å²) >= 11 is 0. The third-order valence-corrected chi connectivity index (χ3v) is 4.24. The van der Waals surface area contributed by atoms with Crippen LogP contribution in [0.4, 0.5) is 5.69 Å². The fraction of sp³-hybridized carbons (Fsp3) is 0.611. The number of amides is 1. The van der Waals surface area contributed by atoms with Gasteiger partial charge in [0.25, 0.3) is 5.91 Å². The zero-order chi connectivity index (χ0) is 16.2. The number of benzene rings is 1. The molecular formula is C18H27NO3. The molecule has 0 aromatic heterocycles. The van der Waals surface area contributed by atoms with E-state index in [1.165, 1.54) is 6.42 Å². The molecule has 0 bridgehead atoms. The molecule has 1 aliphatic rings. The summed E-state index contributed by atoms with van der Waals surface area (Å²) in [5.74, 6) is 1.28. The quantitative estimate of drug-likeness (QED) is 0.894. The molecule has 2 atom stereocenters. The molecule has 1 aromatic carbocycles. The predicted molar refractivity (Wildman–Crippen MR) is 88.2 cm³/mol. The molecule has 1 saturated carbocycles. The monoisotopic (exact) mass is 305 g/mol. The first-order chi connectivity index (χ1) is 10.4. The maximum Gasteiger partial charge on any atom is 0.256 e. The molecular weight excluding hydrogens is 278 g/mol. The van der Waals surface area contributed by atoms with Gasteiger partial charge in [0.05, 0.1) is 6.10 Å². The minimum absolute atomic E-state index is 0.0425. The maximum atomic E-state index is 12.7.